The molecule has 148 valence electrons. The molecule has 0 aliphatic carbocycles. The Morgan fingerprint density at radius 2 is 2.04 bits per heavy atom. The molecular formula is C19H31FIN3O2. The Hall–Kier alpha value is -0.930. The van der Waals surface area contributed by atoms with Gasteiger partial charge in [-0.3, -0.25) is 4.99 Å². The summed E-state index contributed by atoms with van der Waals surface area (Å²) in [6, 6.07) is 4.93. The Balaban J connectivity index is 0.00000338. The number of hydrogen-bond acceptors (Lipinski definition) is 3. The predicted molar refractivity (Wildman–Crippen MR) is 114 cm³/mol. The lowest BCUT2D eigenvalue weighted by atomic mass is 9.94. The van der Waals surface area contributed by atoms with Crippen LogP contribution in [-0.4, -0.2) is 51.5 Å². The normalized spacial score (nSPS) is 16.7. The molecule has 0 saturated carbocycles. The van der Waals surface area contributed by atoms with E-state index in [9.17, 15) is 4.39 Å². The number of guanidine groups is 1. The third-order valence-electron chi connectivity index (χ3n) is 4.70. The van der Waals surface area contributed by atoms with Gasteiger partial charge >= 0.3 is 0 Å². The smallest absolute Gasteiger partial charge is 0.191 e. The Labute approximate surface area is 173 Å². The molecule has 1 aromatic carbocycles. The predicted octanol–water partition coefficient (Wildman–Crippen LogP) is 3.05. The summed E-state index contributed by atoms with van der Waals surface area (Å²) in [6.07, 6.45) is 2.54. The minimum absolute atomic E-state index is 0. The van der Waals surface area contributed by atoms with Crippen LogP contribution in [0.4, 0.5) is 4.39 Å². The molecule has 1 saturated heterocycles. The van der Waals surface area contributed by atoms with Crippen molar-refractivity contribution >= 4 is 29.9 Å². The van der Waals surface area contributed by atoms with Crippen LogP contribution in [0.15, 0.2) is 23.2 Å². The topological polar surface area (TPSA) is 54.9 Å². The first-order valence-corrected chi connectivity index (χ1v) is 8.99. The minimum Gasteiger partial charge on any atom is -0.381 e. The van der Waals surface area contributed by atoms with E-state index < -0.39 is 0 Å². The number of aryl methyl sites for hydroxylation is 1. The van der Waals surface area contributed by atoms with Crippen molar-refractivity contribution < 1.29 is 13.9 Å². The fraction of sp³-hybridized carbons (Fsp3) is 0.632. The number of methoxy groups -OCH3 is 1. The molecule has 1 aliphatic heterocycles. The van der Waals surface area contributed by atoms with E-state index >= 15 is 0 Å². The molecule has 2 N–H and O–H groups in total. The summed E-state index contributed by atoms with van der Waals surface area (Å²) in [6.45, 7) is 7.56. The van der Waals surface area contributed by atoms with Crippen molar-refractivity contribution in [2.45, 2.75) is 38.7 Å². The van der Waals surface area contributed by atoms with Crippen LogP contribution in [0.3, 0.4) is 0 Å². The zero-order valence-corrected chi connectivity index (χ0v) is 18.3. The zero-order valence-electron chi connectivity index (χ0n) is 15.9. The molecule has 0 aromatic heterocycles. The maximum absolute atomic E-state index is 13.2. The molecule has 1 aliphatic rings. The highest BCUT2D eigenvalue weighted by Gasteiger charge is 2.32. The molecule has 26 heavy (non-hydrogen) atoms. The van der Waals surface area contributed by atoms with Gasteiger partial charge in [-0.25, -0.2) is 4.39 Å². The zero-order chi connectivity index (χ0) is 18.1. The number of hydrogen-bond donors (Lipinski definition) is 2. The van der Waals surface area contributed by atoms with Gasteiger partial charge in [-0.2, -0.15) is 0 Å². The van der Waals surface area contributed by atoms with E-state index in [1.165, 1.54) is 6.07 Å². The van der Waals surface area contributed by atoms with E-state index in [-0.39, 0.29) is 35.4 Å². The van der Waals surface area contributed by atoms with Crippen molar-refractivity contribution in [1.82, 2.24) is 10.6 Å². The van der Waals surface area contributed by atoms with Crippen molar-refractivity contribution in [2.75, 3.05) is 40.0 Å². The van der Waals surface area contributed by atoms with Gasteiger partial charge in [-0.15, -0.1) is 24.0 Å². The number of halogens is 2. The van der Waals surface area contributed by atoms with Crippen LogP contribution in [0, 0.1) is 12.7 Å². The average Bonchev–Trinajstić information content (AvgIpc) is 2.62. The number of aliphatic imine (C=N–C) groups is 1. The van der Waals surface area contributed by atoms with Gasteiger partial charge in [0.1, 0.15) is 5.82 Å². The number of benzene rings is 1. The van der Waals surface area contributed by atoms with Gasteiger partial charge in [0, 0.05) is 46.3 Å². The highest BCUT2D eigenvalue weighted by molar-refractivity contribution is 14.0. The summed E-state index contributed by atoms with van der Waals surface area (Å²) >= 11 is 0. The molecule has 0 radical (unpaired) electrons. The summed E-state index contributed by atoms with van der Waals surface area (Å²) in [5.41, 5.74) is 1.89. The van der Waals surface area contributed by atoms with Crippen molar-refractivity contribution in [2.24, 2.45) is 4.99 Å². The van der Waals surface area contributed by atoms with Crippen LogP contribution in [-0.2, 0) is 15.9 Å². The van der Waals surface area contributed by atoms with Crippen molar-refractivity contribution in [3.63, 3.8) is 0 Å². The fourth-order valence-electron chi connectivity index (χ4n) is 2.99. The molecule has 7 heteroatoms. The molecule has 2 rings (SSSR count). The SMILES string of the molecule is CCNC(=NCC1(OC)CCOCC1)NCCc1ccc(F)cc1C.I. The highest BCUT2D eigenvalue weighted by Crippen LogP contribution is 2.24. The molecule has 0 spiro atoms. The standard InChI is InChI=1S/C19H30FN3O2.HI/c1-4-21-18(23-14-19(24-3)8-11-25-12-9-19)22-10-7-16-5-6-17(20)13-15(16)2;/h5-6,13H,4,7-12,14H2,1-3H3,(H2,21,22,23);1H. The van der Waals surface area contributed by atoms with E-state index in [2.05, 4.69) is 10.6 Å². The molecule has 1 fully saturated rings. The first-order valence-electron chi connectivity index (χ1n) is 8.99. The molecule has 0 atom stereocenters. The summed E-state index contributed by atoms with van der Waals surface area (Å²) in [7, 11) is 1.75. The monoisotopic (exact) mass is 479 g/mol. The maximum atomic E-state index is 13.2. The first-order chi connectivity index (χ1) is 12.1. The molecule has 0 amide bonds. The van der Waals surface area contributed by atoms with Crippen molar-refractivity contribution in [3.8, 4) is 0 Å². The van der Waals surface area contributed by atoms with Crippen LogP contribution < -0.4 is 10.6 Å². The number of nitrogens with one attached hydrogen (secondary N) is 2. The van der Waals surface area contributed by atoms with E-state index in [4.69, 9.17) is 14.5 Å². The van der Waals surface area contributed by atoms with Crippen molar-refractivity contribution in [1.29, 1.82) is 0 Å². The molecule has 5 nitrogen and oxygen atoms in total. The first kappa shape index (κ1) is 23.1. The van der Waals surface area contributed by atoms with E-state index in [0.717, 1.165) is 62.7 Å². The Morgan fingerprint density at radius 3 is 2.65 bits per heavy atom. The van der Waals surface area contributed by atoms with Gasteiger partial charge in [0.15, 0.2) is 5.96 Å². The summed E-state index contributed by atoms with van der Waals surface area (Å²) in [5, 5.41) is 6.62. The van der Waals surface area contributed by atoms with E-state index in [0.29, 0.717) is 6.54 Å². The molecule has 0 unspecified atom stereocenters. The lowest BCUT2D eigenvalue weighted by molar-refractivity contribution is -0.0828. The van der Waals surface area contributed by atoms with Crippen LogP contribution in [0.2, 0.25) is 0 Å². The quantitative estimate of drug-likeness (QED) is 0.359. The highest BCUT2D eigenvalue weighted by atomic mass is 127. The van der Waals surface area contributed by atoms with Crippen LogP contribution in [0.1, 0.15) is 30.9 Å². The minimum atomic E-state index is -0.228. The fourth-order valence-corrected chi connectivity index (χ4v) is 2.99. The average molecular weight is 479 g/mol. The van der Waals surface area contributed by atoms with Crippen LogP contribution in [0.25, 0.3) is 0 Å². The Bertz CT molecular complexity index is 578. The second-order valence-electron chi connectivity index (χ2n) is 6.44. The summed E-state index contributed by atoms with van der Waals surface area (Å²) < 4.78 is 24.3. The van der Waals surface area contributed by atoms with Gasteiger partial charge in [0.25, 0.3) is 0 Å². The van der Waals surface area contributed by atoms with E-state index in [1.54, 1.807) is 13.2 Å². The number of nitrogens with zero attached hydrogens (tertiary/aromatic N) is 1. The number of ether oxygens (including phenoxy) is 2. The number of rotatable bonds is 7. The molecule has 0 bridgehead atoms. The van der Waals surface area contributed by atoms with Gasteiger partial charge in [-0.1, -0.05) is 6.07 Å². The largest absolute Gasteiger partial charge is 0.381 e. The van der Waals surface area contributed by atoms with Gasteiger partial charge in [0.2, 0.25) is 0 Å². The van der Waals surface area contributed by atoms with E-state index in [1.807, 2.05) is 19.9 Å². The molecule has 1 heterocycles. The van der Waals surface area contributed by atoms with Gasteiger partial charge in [0.05, 0.1) is 12.1 Å². The Kier molecular flexibility index (Phi) is 10.4. The van der Waals surface area contributed by atoms with Gasteiger partial charge < -0.3 is 20.1 Å². The molecular weight excluding hydrogens is 448 g/mol. The second kappa shape index (κ2) is 11.7. The lowest BCUT2D eigenvalue weighted by Crippen LogP contribution is -2.44. The third-order valence-corrected chi connectivity index (χ3v) is 4.70. The molecule has 1 aromatic rings. The lowest BCUT2D eigenvalue weighted by Gasteiger charge is -2.34. The summed E-state index contributed by atoms with van der Waals surface area (Å²) in [4.78, 5) is 4.70. The van der Waals surface area contributed by atoms with Crippen molar-refractivity contribution in [3.05, 3.63) is 35.1 Å². The van der Waals surface area contributed by atoms with Gasteiger partial charge in [-0.05, 0) is 43.5 Å². The van der Waals surface area contributed by atoms with Crippen LogP contribution >= 0.6 is 24.0 Å². The maximum Gasteiger partial charge on any atom is 0.191 e. The third kappa shape index (κ3) is 7.00. The second-order valence-corrected chi connectivity index (χ2v) is 6.44. The Morgan fingerprint density at radius 1 is 1.31 bits per heavy atom. The van der Waals surface area contributed by atoms with Crippen LogP contribution in [0.5, 0.6) is 0 Å². The summed E-state index contributed by atoms with van der Waals surface area (Å²) in [5.74, 6) is 0.593.